The van der Waals surface area contributed by atoms with Crippen LogP contribution in [0.25, 0.3) is 10.1 Å². The van der Waals surface area contributed by atoms with Gasteiger partial charge in [0.2, 0.25) is 5.91 Å². The molecule has 0 unspecified atom stereocenters. The Labute approximate surface area is 141 Å². The summed E-state index contributed by atoms with van der Waals surface area (Å²) in [6.07, 6.45) is 0. The van der Waals surface area contributed by atoms with E-state index in [-0.39, 0.29) is 18.0 Å². The second kappa shape index (κ2) is 6.44. The van der Waals surface area contributed by atoms with Crippen molar-refractivity contribution in [2.45, 2.75) is 6.54 Å². The fourth-order valence-electron chi connectivity index (χ4n) is 2.20. The first-order valence-electron chi connectivity index (χ1n) is 6.81. The van der Waals surface area contributed by atoms with Gasteiger partial charge < -0.3 is 10.1 Å². The van der Waals surface area contributed by atoms with Crippen LogP contribution < -0.4 is 15.6 Å². The van der Waals surface area contributed by atoms with Crippen LogP contribution in [-0.4, -0.2) is 17.0 Å². The molecule has 3 aromatic rings. The van der Waals surface area contributed by atoms with E-state index in [1.54, 1.807) is 30.3 Å². The SMILES string of the molecule is COc1ccc(NC(=O)Cn2sc3ccccc3c2=O)cc1Cl. The summed E-state index contributed by atoms with van der Waals surface area (Å²) in [6, 6.07) is 12.2. The summed E-state index contributed by atoms with van der Waals surface area (Å²) in [5, 5.41) is 3.75. The van der Waals surface area contributed by atoms with Gasteiger partial charge in [-0.3, -0.25) is 13.5 Å². The third kappa shape index (κ3) is 3.23. The van der Waals surface area contributed by atoms with Gasteiger partial charge in [-0.05, 0) is 30.3 Å². The highest BCUT2D eigenvalue weighted by Crippen LogP contribution is 2.27. The molecule has 7 heteroatoms. The number of ether oxygens (including phenoxy) is 1. The Morgan fingerprint density at radius 2 is 2.09 bits per heavy atom. The van der Waals surface area contributed by atoms with Gasteiger partial charge in [0.05, 0.1) is 22.2 Å². The predicted molar refractivity (Wildman–Crippen MR) is 92.7 cm³/mol. The third-order valence-corrected chi connectivity index (χ3v) is 4.64. The number of amides is 1. The summed E-state index contributed by atoms with van der Waals surface area (Å²) in [5.74, 6) is 0.241. The highest BCUT2D eigenvalue weighted by molar-refractivity contribution is 7.13. The van der Waals surface area contributed by atoms with Gasteiger partial charge in [0, 0.05) is 5.69 Å². The Hall–Kier alpha value is -2.31. The number of aromatic nitrogens is 1. The molecule has 3 rings (SSSR count). The number of fused-ring (bicyclic) bond motifs is 1. The van der Waals surface area contributed by atoms with Crippen molar-refractivity contribution in [1.82, 2.24) is 3.96 Å². The fourth-order valence-corrected chi connectivity index (χ4v) is 3.45. The van der Waals surface area contributed by atoms with Crippen LogP contribution in [0.1, 0.15) is 0 Å². The Kier molecular flexibility index (Phi) is 4.36. The van der Waals surface area contributed by atoms with Crippen LogP contribution in [0.3, 0.4) is 0 Å². The largest absolute Gasteiger partial charge is 0.495 e. The minimum Gasteiger partial charge on any atom is -0.495 e. The van der Waals surface area contributed by atoms with Crippen molar-refractivity contribution in [2.24, 2.45) is 0 Å². The minimum atomic E-state index is -0.292. The third-order valence-electron chi connectivity index (χ3n) is 3.28. The van der Waals surface area contributed by atoms with Crippen LogP contribution in [0.2, 0.25) is 5.02 Å². The highest BCUT2D eigenvalue weighted by atomic mass is 35.5. The molecule has 0 aliphatic heterocycles. The van der Waals surface area contributed by atoms with Gasteiger partial charge in [0.1, 0.15) is 12.3 Å². The summed E-state index contributed by atoms with van der Waals surface area (Å²) >= 11 is 7.29. The lowest BCUT2D eigenvalue weighted by molar-refractivity contribution is -0.116. The molecule has 5 nitrogen and oxygen atoms in total. The van der Waals surface area contributed by atoms with Crippen molar-refractivity contribution in [3.05, 3.63) is 57.8 Å². The molecule has 0 saturated carbocycles. The van der Waals surface area contributed by atoms with E-state index in [9.17, 15) is 9.59 Å². The number of hydrogen-bond acceptors (Lipinski definition) is 4. The van der Waals surface area contributed by atoms with Crippen LogP contribution in [0.5, 0.6) is 5.75 Å². The number of methoxy groups -OCH3 is 1. The van der Waals surface area contributed by atoms with E-state index in [1.807, 2.05) is 12.1 Å². The molecule has 0 radical (unpaired) electrons. The predicted octanol–water partition coefficient (Wildman–Crippen LogP) is 3.36. The second-order valence-electron chi connectivity index (χ2n) is 4.83. The topological polar surface area (TPSA) is 60.3 Å². The molecule has 0 aliphatic rings. The minimum absolute atomic E-state index is 0.0399. The van der Waals surface area contributed by atoms with Crippen molar-refractivity contribution < 1.29 is 9.53 Å². The molecule has 0 spiro atoms. The molecule has 118 valence electrons. The number of nitrogens with one attached hydrogen (secondary N) is 1. The summed E-state index contributed by atoms with van der Waals surface area (Å²) in [4.78, 5) is 24.3. The Balaban J connectivity index is 1.77. The van der Waals surface area contributed by atoms with Crippen molar-refractivity contribution in [1.29, 1.82) is 0 Å². The lowest BCUT2D eigenvalue weighted by Gasteiger charge is -2.08. The first kappa shape index (κ1) is 15.6. The number of carbonyl (C=O) groups excluding carboxylic acids is 1. The van der Waals surface area contributed by atoms with Gasteiger partial charge in [-0.25, -0.2) is 0 Å². The van der Waals surface area contributed by atoms with Crippen LogP contribution in [0, 0.1) is 0 Å². The van der Waals surface area contributed by atoms with Crippen molar-refractivity contribution in [2.75, 3.05) is 12.4 Å². The quantitative estimate of drug-likeness (QED) is 0.786. The zero-order chi connectivity index (χ0) is 16.4. The van der Waals surface area contributed by atoms with Gasteiger partial charge in [-0.1, -0.05) is 35.3 Å². The zero-order valence-electron chi connectivity index (χ0n) is 12.2. The maximum absolute atomic E-state index is 12.2. The molecule has 1 heterocycles. The monoisotopic (exact) mass is 348 g/mol. The Morgan fingerprint density at radius 1 is 1.30 bits per heavy atom. The van der Waals surface area contributed by atoms with Crippen LogP contribution in [0.15, 0.2) is 47.3 Å². The van der Waals surface area contributed by atoms with E-state index in [4.69, 9.17) is 16.3 Å². The molecule has 23 heavy (non-hydrogen) atoms. The first-order chi connectivity index (χ1) is 11.1. The van der Waals surface area contributed by atoms with Gasteiger partial charge >= 0.3 is 0 Å². The molecular formula is C16H13ClN2O3S. The lowest BCUT2D eigenvalue weighted by atomic mass is 10.3. The molecule has 0 fully saturated rings. The van der Waals surface area contributed by atoms with Crippen LogP contribution in [0.4, 0.5) is 5.69 Å². The maximum Gasteiger partial charge on any atom is 0.268 e. The van der Waals surface area contributed by atoms with E-state index in [0.29, 0.717) is 21.8 Å². The average Bonchev–Trinajstić information content (AvgIpc) is 2.84. The molecule has 1 amide bonds. The summed E-state index contributed by atoms with van der Waals surface area (Å²) in [6.45, 7) is -0.0399. The smallest absolute Gasteiger partial charge is 0.268 e. The molecule has 1 N–H and O–H groups in total. The highest BCUT2D eigenvalue weighted by Gasteiger charge is 2.11. The van der Waals surface area contributed by atoms with Crippen molar-refractivity contribution >= 4 is 44.8 Å². The second-order valence-corrected chi connectivity index (χ2v) is 6.30. The summed E-state index contributed by atoms with van der Waals surface area (Å²) in [7, 11) is 1.52. The molecule has 0 aliphatic carbocycles. The van der Waals surface area contributed by atoms with Gasteiger partial charge in [-0.2, -0.15) is 0 Å². The lowest BCUT2D eigenvalue weighted by Crippen LogP contribution is -2.23. The first-order valence-corrected chi connectivity index (χ1v) is 7.96. The average molecular weight is 349 g/mol. The molecule has 0 saturated heterocycles. The van der Waals surface area contributed by atoms with Crippen LogP contribution >= 0.6 is 23.1 Å². The van der Waals surface area contributed by atoms with Crippen molar-refractivity contribution in [3.63, 3.8) is 0 Å². The van der Waals surface area contributed by atoms with Crippen LogP contribution in [-0.2, 0) is 11.3 Å². The summed E-state index contributed by atoms with van der Waals surface area (Å²) < 4.78 is 7.36. The summed E-state index contributed by atoms with van der Waals surface area (Å²) in [5.41, 5.74) is 0.392. The number of halogens is 1. The maximum atomic E-state index is 12.2. The van der Waals surface area contributed by atoms with E-state index in [0.717, 1.165) is 4.70 Å². The number of rotatable bonds is 4. The van der Waals surface area contributed by atoms with Gasteiger partial charge in [0.25, 0.3) is 5.56 Å². The van der Waals surface area contributed by atoms with Gasteiger partial charge in [0.15, 0.2) is 0 Å². The normalized spacial score (nSPS) is 10.7. The van der Waals surface area contributed by atoms with Gasteiger partial charge in [-0.15, -0.1) is 0 Å². The van der Waals surface area contributed by atoms with E-state index in [2.05, 4.69) is 5.32 Å². The Bertz CT molecular complexity index is 932. The molecule has 0 atom stereocenters. The number of hydrogen-bond donors (Lipinski definition) is 1. The fraction of sp³-hybridized carbons (Fsp3) is 0.125. The zero-order valence-corrected chi connectivity index (χ0v) is 13.8. The molecule has 1 aromatic heterocycles. The van der Waals surface area contributed by atoms with E-state index >= 15 is 0 Å². The van der Waals surface area contributed by atoms with E-state index in [1.165, 1.54) is 22.6 Å². The molecular weight excluding hydrogens is 336 g/mol. The number of benzene rings is 2. The van der Waals surface area contributed by atoms with Crippen molar-refractivity contribution in [3.8, 4) is 5.75 Å². The number of carbonyl (C=O) groups is 1. The standard InChI is InChI=1S/C16H13ClN2O3S/c1-22-13-7-6-10(8-12(13)17)18-15(20)9-19-16(21)11-4-2-3-5-14(11)23-19/h2-8H,9H2,1H3,(H,18,20). The van der Waals surface area contributed by atoms with E-state index < -0.39 is 0 Å². The number of nitrogens with zero attached hydrogens (tertiary/aromatic N) is 1. The number of anilines is 1. The Morgan fingerprint density at radius 3 is 2.78 bits per heavy atom. The molecule has 0 bridgehead atoms. The molecule has 2 aromatic carbocycles.